The summed E-state index contributed by atoms with van der Waals surface area (Å²) in [5.74, 6) is 0.309. The Bertz CT molecular complexity index is 144. The topological polar surface area (TPSA) is 38.3 Å². The molecular formula is C10H21NO2. The second-order valence-electron chi connectivity index (χ2n) is 3.94. The number of carbonyl (C=O) groups is 1. The van der Waals surface area contributed by atoms with E-state index in [1.165, 1.54) is 0 Å². The fraction of sp³-hybridized carbons (Fsp3) is 0.900. The highest BCUT2D eigenvalue weighted by Gasteiger charge is 2.03. The fourth-order valence-corrected chi connectivity index (χ4v) is 0.795. The van der Waals surface area contributed by atoms with Gasteiger partial charge in [0.25, 0.3) is 0 Å². The van der Waals surface area contributed by atoms with E-state index in [1.54, 1.807) is 0 Å². The largest absolute Gasteiger partial charge is 0.465 e. The van der Waals surface area contributed by atoms with E-state index in [4.69, 9.17) is 4.74 Å². The van der Waals surface area contributed by atoms with Crippen molar-refractivity contribution in [3.05, 3.63) is 0 Å². The van der Waals surface area contributed by atoms with Gasteiger partial charge >= 0.3 is 5.97 Å². The van der Waals surface area contributed by atoms with E-state index in [0.29, 0.717) is 31.5 Å². The number of ether oxygens (including phenoxy) is 1. The fourth-order valence-electron chi connectivity index (χ4n) is 0.795. The van der Waals surface area contributed by atoms with Crippen molar-refractivity contribution >= 4 is 5.97 Å². The third-order valence-electron chi connectivity index (χ3n) is 1.46. The maximum Gasteiger partial charge on any atom is 0.307 e. The van der Waals surface area contributed by atoms with Crippen LogP contribution in [0, 0.1) is 5.92 Å². The first kappa shape index (κ1) is 12.4. The average Bonchev–Trinajstić information content (AvgIpc) is 2.00. The van der Waals surface area contributed by atoms with Crippen LogP contribution in [0.1, 0.15) is 34.1 Å². The van der Waals surface area contributed by atoms with E-state index in [2.05, 4.69) is 19.2 Å². The maximum absolute atomic E-state index is 11.1. The number of esters is 1. The molecule has 0 amide bonds. The van der Waals surface area contributed by atoms with Gasteiger partial charge in [-0.15, -0.1) is 0 Å². The molecule has 0 spiro atoms. The molecule has 0 fully saturated rings. The molecule has 0 rings (SSSR count). The summed E-state index contributed by atoms with van der Waals surface area (Å²) in [6.45, 7) is 9.40. The summed E-state index contributed by atoms with van der Waals surface area (Å²) in [6.07, 6.45) is 0.463. The Morgan fingerprint density at radius 3 is 2.38 bits per heavy atom. The Morgan fingerprint density at radius 1 is 1.31 bits per heavy atom. The lowest BCUT2D eigenvalue weighted by Gasteiger charge is -2.09. The Morgan fingerprint density at radius 2 is 1.92 bits per heavy atom. The number of carbonyl (C=O) groups excluding carboxylic acids is 1. The predicted molar refractivity (Wildman–Crippen MR) is 53.6 cm³/mol. The molecule has 0 bridgehead atoms. The zero-order valence-electron chi connectivity index (χ0n) is 9.09. The minimum atomic E-state index is -0.109. The summed E-state index contributed by atoms with van der Waals surface area (Å²) in [6, 6.07) is 0.429. The van der Waals surface area contributed by atoms with Gasteiger partial charge in [-0.05, 0) is 5.92 Å². The first-order valence-electron chi connectivity index (χ1n) is 4.91. The second kappa shape index (κ2) is 6.89. The van der Waals surface area contributed by atoms with Gasteiger partial charge in [0.15, 0.2) is 0 Å². The highest BCUT2D eigenvalue weighted by Crippen LogP contribution is 1.94. The van der Waals surface area contributed by atoms with Crippen molar-refractivity contribution in [2.75, 3.05) is 13.2 Å². The van der Waals surface area contributed by atoms with Crippen LogP contribution in [0.15, 0.2) is 0 Å². The van der Waals surface area contributed by atoms with Gasteiger partial charge in [-0.3, -0.25) is 4.79 Å². The standard InChI is InChI=1S/C10H21NO2/c1-8(2)7-13-10(12)5-6-11-9(3)4/h8-9,11H,5-7H2,1-4H3. The Labute approximate surface area is 80.8 Å². The molecule has 0 aromatic heterocycles. The molecule has 0 aliphatic carbocycles. The molecule has 78 valence electrons. The van der Waals surface area contributed by atoms with Crippen LogP contribution in [0.2, 0.25) is 0 Å². The van der Waals surface area contributed by atoms with Gasteiger partial charge in [0, 0.05) is 12.6 Å². The van der Waals surface area contributed by atoms with E-state index in [9.17, 15) is 4.79 Å². The molecule has 3 nitrogen and oxygen atoms in total. The lowest BCUT2D eigenvalue weighted by atomic mass is 10.2. The van der Waals surface area contributed by atoms with Crippen molar-refractivity contribution in [1.82, 2.24) is 5.32 Å². The molecule has 13 heavy (non-hydrogen) atoms. The molecule has 1 N–H and O–H groups in total. The minimum Gasteiger partial charge on any atom is -0.465 e. The van der Waals surface area contributed by atoms with Crippen molar-refractivity contribution in [1.29, 1.82) is 0 Å². The van der Waals surface area contributed by atoms with Crippen LogP contribution in [0.3, 0.4) is 0 Å². The SMILES string of the molecule is CC(C)COC(=O)CCNC(C)C. The highest BCUT2D eigenvalue weighted by molar-refractivity contribution is 5.69. The smallest absolute Gasteiger partial charge is 0.307 e. The highest BCUT2D eigenvalue weighted by atomic mass is 16.5. The van der Waals surface area contributed by atoms with Crippen LogP contribution < -0.4 is 5.32 Å². The maximum atomic E-state index is 11.1. The van der Waals surface area contributed by atoms with Crippen LogP contribution in [0.5, 0.6) is 0 Å². The van der Waals surface area contributed by atoms with Gasteiger partial charge in [-0.2, -0.15) is 0 Å². The van der Waals surface area contributed by atoms with E-state index in [-0.39, 0.29) is 5.97 Å². The van der Waals surface area contributed by atoms with E-state index in [1.807, 2.05) is 13.8 Å². The van der Waals surface area contributed by atoms with Crippen molar-refractivity contribution in [2.24, 2.45) is 5.92 Å². The second-order valence-corrected chi connectivity index (χ2v) is 3.94. The van der Waals surface area contributed by atoms with Crippen molar-refractivity contribution in [2.45, 2.75) is 40.2 Å². The molecule has 0 saturated carbocycles. The van der Waals surface area contributed by atoms with Crippen LogP contribution >= 0.6 is 0 Å². The lowest BCUT2D eigenvalue weighted by Crippen LogP contribution is -2.26. The average molecular weight is 187 g/mol. The van der Waals surface area contributed by atoms with Crippen LogP contribution in [-0.4, -0.2) is 25.2 Å². The van der Waals surface area contributed by atoms with E-state index in [0.717, 1.165) is 0 Å². The molecule has 0 aliphatic heterocycles. The van der Waals surface area contributed by atoms with Gasteiger partial charge in [-0.25, -0.2) is 0 Å². The Kier molecular flexibility index (Phi) is 6.59. The zero-order chi connectivity index (χ0) is 10.3. The summed E-state index contributed by atoms with van der Waals surface area (Å²) in [4.78, 5) is 11.1. The van der Waals surface area contributed by atoms with Crippen molar-refractivity contribution in [3.8, 4) is 0 Å². The van der Waals surface area contributed by atoms with Crippen LogP contribution in [-0.2, 0) is 9.53 Å². The minimum absolute atomic E-state index is 0.109. The first-order chi connectivity index (χ1) is 6.02. The molecule has 0 aromatic carbocycles. The molecule has 0 unspecified atom stereocenters. The number of rotatable bonds is 6. The van der Waals surface area contributed by atoms with Crippen molar-refractivity contribution < 1.29 is 9.53 Å². The summed E-state index contributed by atoms with van der Waals surface area (Å²) in [5, 5.41) is 3.16. The zero-order valence-corrected chi connectivity index (χ0v) is 9.09. The number of nitrogens with one attached hydrogen (secondary N) is 1. The molecule has 3 heteroatoms. The molecule has 0 aliphatic rings. The van der Waals surface area contributed by atoms with Gasteiger partial charge in [0.2, 0.25) is 0 Å². The van der Waals surface area contributed by atoms with E-state index >= 15 is 0 Å². The normalized spacial score (nSPS) is 10.9. The van der Waals surface area contributed by atoms with Crippen LogP contribution in [0.25, 0.3) is 0 Å². The van der Waals surface area contributed by atoms with Gasteiger partial charge in [-0.1, -0.05) is 27.7 Å². The third-order valence-corrected chi connectivity index (χ3v) is 1.46. The quantitative estimate of drug-likeness (QED) is 0.641. The van der Waals surface area contributed by atoms with Gasteiger partial charge in [0.05, 0.1) is 13.0 Å². The van der Waals surface area contributed by atoms with E-state index < -0.39 is 0 Å². The molecular weight excluding hydrogens is 166 g/mol. The summed E-state index contributed by atoms with van der Waals surface area (Å²) < 4.78 is 5.01. The Hall–Kier alpha value is -0.570. The molecule has 0 heterocycles. The van der Waals surface area contributed by atoms with Crippen molar-refractivity contribution in [3.63, 3.8) is 0 Å². The third kappa shape index (κ3) is 9.34. The summed E-state index contributed by atoms with van der Waals surface area (Å²) in [5.41, 5.74) is 0. The molecule has 0 radical (unpaired) electrons. The first-order valence-corrected chi connectivity index (χ1v) is 4.91. The lowest BCUT2D eigenvalue weighted by molar-refractivity contribution is -0.144. The van der Waals surface area contributed by atoms with Gasteiger partial charge < -0.3 is 10.1 Å². The summed E-state index contributed by atoms with van der Waals surface area (Å²) in [7, 11) is 0. The molecule has 0 atom stereocenters. The van der Waals surface area contributed by atoms with Gasteiger partial charge in [0.1, 0.15) is 0 Å². The monoisotopic (exact) mass is 187 g/mol. The summed E-state index contributed by atoms with van der Waals surface area (Å²) >= 11 is 0. The number of hydrogen-bond donors (Lipinski definition) is 1. The molecule has 0 aromatic rings. The number of hydrogen-bond acceptors (Lipinski definition) is 3. The molecule has 0 saturated heterocycles. The Balaban J connectivity index is 3.30. The van der Waals surface area contributed by atoms with Crippen LogP contribution in [0.4, 0.5) is 0 Å². The predicted octanol–water partition coefficient (Wildman–Crippen LogP) is 1.57.